The van der Waals surface area contributed by atoms with Crippen molar-refractivity contribution in [1.82, 2.24) is 0 Å². The summed E-state index contributed by atoms with van der Waals surface area (Å²) in [5, 5.41) is 0. The molecule has 3 rings (SSSR count). The number of halogens is 1. The van der Waals surface area contributed by atoms with Crippen LogP contribution in [0, 0.1) is 0 Å². The number of nitrogens with two attached hydrogens (primary N) is 1. The van der Waals surface area contributed by atoms with E-state index in [9.17, 15) is 0 Å². The van der Waals surface area contributed by atoms with Crippen LogP contribution in [0.2, 0.25) is 0 Å². The first-order chi connectivity index (χ1) is 12.6. The minimum absolute atomic E-state index is 0.553. The molecule has 0 atom stereocenters. The Labute approximate surface area is 162 Å². The summed E-state index contributed by atoms with van der Waals surface area (Å²) in [4.78, 5) is 4.50. The Hall–Kier alpha value is -2.91. The summed E-state index contributed by atoms with van der Waals surface area (Å²) in [5.74, 6) is 0. The molecule has 26 heavy (non-hydrogen) atoms. The molecule has 3 aromatic rings. The van der Waals surface area contributed by atoms with Gasteiger partial charge >= 0.3 is 0 Å². The largest absolute Gasteiger partial charge is 0.398 e. The summed E-state index contributed by atoms with van der Waals surface area (Å²) in [7, 11) is 0. The van der Waals surface area contributed by atoms with E-state index in [-0.39, 0.29) is 0 Å². The third kappa shape index (κ3) is 4.58. The van der Waals surface area contributed by atoms with E-state index >= 15 is 0 Å². The van der Waals surface area contributed by atoms with Crippen LogP contribution >= 0.6 is 15.9 Å². The van der Waals surface area contributed by atoms with Gasteiger partial charge in [-0.3, -0.25) is 0 Å². The fraction of sp³-hybridized carbons (Fsp3) is 0. The molecule has 128 valence electrons. The van der Waals surface area contributed by atoms with Gasteiger partial charge in [0.05, 0.1) is 10.3 Å². The summed E-state index contributed by atoms with van der Waals surface area (Å²) in [6.07, 6.45) is 1.87. The number of allylic oxidation sites excluding steroid dienone is 1. The van der Waals surface area contributed by atoms with Crippen LogP contribution < -0.4 is 5.73 Å². The maximum absolute atomic E-state index is 6.27. The zero-order valence-electron chi connectivity index (χ0n) is 14.3. The van der Waals surface area contributed by atoms with Gasteiger partial charge < -0.3 is 5.73 Å². The number of hydrogen-bond acceptors (Lipinski definition) is 2. The van der Waals surface area contributed by atoms with Gasteiger partial charge in [0, 0.05) is 11.3 Å². The number of hydrogen-bond donors (Lipinski definition) is 1. The van der Waals surface area contributed by atoms with Crippen molar-refractivity contribution in [2.45, 2.75) is 0 Å². The molecule has 2 nitrogen and oxygen atoms in total. The summed E-state index contributed by atoms with van der Waals surface area (Å²) in [5.41, 5.74) is 12.0. The average molecular weight is 403 g/mol. The second kappa shape index (κ2) is 8.45. The van der Waals surface area contributed by atoms with Crippen LogP contribution in [0.5, 0.6) is 0 Å². The van der Waals surface area contributed by atoms with Crippen LogP contribution in [0.25, 0.3) is 16.8 Å². The standard InChI is InChI=1S/C23H19BrN2/c1-17(24)26-23(16-22(25)20-10-6-3-7-11-20)21-14-12-19(13-15-21)18-8-4-2-5-9-18/h2-16H,1,25H2/b22-16-,26-23?. The Kier molecular flexibility index (Phi) is 5.82. The number of nitrogens with zero attached hydrogens (tertiary/aromatic N) is 1. The van der Waals surface area contributed by atoms with Gasteiger partial charge in [0.15, 0.2) is 0 Å². The molecule has 0 saturated carbocycles. The maximum Gasteiger partial charge on any atom is 0.0991 e. The van der Waals surface area contributed by atoms with Crippen molar-refractivity contribution < 1.29 is 0 Å². The molecule has 0 heterocycles. The molecule has 0 radical (unpaired) electrons. The highest BCUT2D eigenvalue weighted by atomic mass is 79.9. The molecule has 3 heteroatoms. The lowest BCUT2D eigenvalue weighted by Crippen LogP contribution is -2.03. The van der Waals surface area contributed by atoms with Gasteiger partial charge in [-0.05, 0) is 38.7 Å². The molecule has 0 aliphatic heterocycles. The lowest BCUT2D eigenvalue weighted by Gasteiger charge is -2.07. The number of aliphatic imine (C=N–C) groups is 1. The van der Waals surface area contributed by atoms with Crippen LogP contribution in [0.15, 0.2) is 107 Å². The Morgan fingerprint density at radius 3 is 1.88 bits per heavy atom. The van der Waals surface area contributed by atoms with Crippen LogP contribution in [0.1, 0.15) is 11.1 Å². The van der Waals surface area contributed by atoms with Crippen molar-refractivity contribution >= 4 is 27.3 Å². The van der Waals surface area contributed by atoms with Crippen molar-refractivity contribution in [3.05, 3.63) is 113 Å². The molecule has 0 aliphatic carbocycles. The first-order valence-corrected chi connectivity index (χ1v) is 9.04. The highest BCUT2D eigenvalue weighted by molar-refractivity contribution is 9.11. The van der Waals surface area contributed by atoms with Gasteiger partial charge in [0.1, 0.15) is 0 Å². The average Bonchev–Trinajstić information content (AvgIpc) is 2.68. The minimum atomic E-state index is 0.553. The second-order valence-corrected chi connectivity index (χ2v) is 6.70. The van der Waals surface area contributed by atoms with Crippen molar-refractivity contribution in [2.24, 2.45) is 10.7 Å². The third-order valence-corrected chi connectivity index (χ3v) is 4.11. The zero-order valence-corrected chi connectivity index (χ0v) is 15.9. The molecule has 0 unspecified atom stereocenters. The summed E-state index contributed by atoms with van der Waals surface area (Å²) in [6.45, 7) is 3.82. The Balaban J connectivity index is 1.95. The first kappa shape index (κ1) is 17.9. The van der Waals surface area contributed by atoms with E-state index in [4.69, 9.17) is 5.73 Å². The molecule has 0 spiro atoms. The normalized spacial score (nSPS) is 12.0. The maximum atomic E-state index is 6.27. The Morgan fingerprint density at radius 1 is 0.769 bits per heavy atom. The summed E-state index contributed by atoms with van der Waals surface area (Å²) < 4.78 is 0.553. The van der Waals surface area contributed by atoms with Crippen molar-refractivity contribution in [3.63, 3.8) is 0 Å². The van der Waals surface area contributed by atoms with Gasteiger partial charge in [-0.2, -0.15) is 0 Å². The lowest BCUT2D eigenvalue weighted by molar-refractivity contribution is 1.49. The molecule has 0 amide bonds. The summed E-state index contributed by atoms with van der Waals surface area (Å²) >= 11 is 3.32. The van der Waals surface area contributed by atoms with E-state index in [2.05, 4.69) is 51.8 Å². The van der Waals surface area contributed by atoms with Crippen molar-refractivity contribution in [1.29, 1.82) is 0 Å². The van der Waals surface area contributed by atoms with Crippen LogP contribution in [0.4, 0.5) is 0 Å². The Morgan fingerprint density at radius 2 is 1.31 bits per heavy atom. The van der Waals surface area contributed by atoms with Crippen molar-refractivity contribution in [2.75, 3.05) is 0 Å². The predicted molar refractivity (Wildman–Crippen MR) is 115 cm³/mol. The third-order valence-electron chi connectivity index (χ3n) is 3.93. The molecule has 0 aliphatic rings. The highest BCUT2D eigenvalue weighted by Crippen LogP contribution is 2.21. The number of rotatable bonds is 5. The zero-order chi connectivity index (χ0) is 18.4. The SMILES string of the molecule is C=C(Br)N=C(/C=C(\N)c1ccccc1)c1ccc(-c2ccccc2)cc1. The van der Waals surface area contributed by atoms with Crippen molar-refractivity contribution in [3.8, 4) is 11.1 Å². The Bertz CT molecular complexity index is 941. The molecule has 2 N–H and O–H groups in total. The van der Waals surface area contributed by atoms with E-state index in [1.165, 1.54) is 5.56 Å². The van der Waals surface area contributed by atoms with Crippen LogP contribution in [-0.2, 0) is 0 Å². The van der Waals surface area contributed by atoms with E-state index in [1.54, 1.807) is 0 Å². The molecular weight excluding hydrogens is 384 g/mol. The molecule has 0 aromatic heterocycles. The monoisotopic (exact) mass is 402 g/mol. The first-order valence-electron chi connectivity index (χ1n) is 8.25. The molecule has 3 aromatic carbocycles. The molecule has 0 fully saturated rings. The summed E-state index contributed by atoms with van der Waals surface area (Å²) in [6, 6.07) is 28.4. The molecular formula is C23H19BrN2. The molecule has 0 bridgehead atoms. The van der Waals surface area contributed by atoms with Crippen LogP contribution in [0.3, 0.4) is 0 Å². The van der Waals surface area contributed by atoms with Gasteiger partial charge in [-0.15, -0.1) is 0 Å². The van der Waals surface area contributed by atoms with E-state index < -0.39 is 0 Å². The minimum Gasteiger partial charge on any atom is -0.398 e. The fourth-order valence-corrected chi connectivity index (χ4v) is 2.83. The second-order valence-electron chi connectivity index (χ2n) is 5.78. The van der Waals surface area contributed by atoms with E-state index in [0.717, 1.165) is 22.4 Å². The fourth-order valence-electron chi connectivity index (χ4n) is 2.64. The topological polar surface area (TPSA) is 38.4 Å². The lowest BCUT2D eigenvalue weighted by atomic mass is 10.0. The van der Waals surface area contributed by atoms with Gasteiger partial charge in [0.25, 0.3) is 0 Å². The van der Waals surface area contributed by atoms with Gasteiger partial charge in [0.2, 0.25) is 0 Å². The van der Waals surface area contributed by atoms with E-state index in [1.807, 2.05) is 66.7 Å². The molecule has 0 saturated heterocycles. The van der Waals surface area contributed by atoms with E-state index in [0.29, 0.717) is 10.3 Å². The van der Waals surface area contributed by atoms with Gasteiger partial charge in [-0.1, -0.05) is 91.5 Å². The quantitative estimate of drug-likeness (QED) is 0.411. The highest BCUT2D eigenvalue weighted by Gasteiger charge is 2.05. The number of benzene rings is 3. The van der Waals surface area contributed by atoms with Gasteiger partial charge in [-0.25, -0.2) is 4.99 Å². The smallest absolute Gasteiger partial charge is 0.0991 e. The predicted octanol–water partition coefficient (Wildman–Crippen LogP) is 6.01. The van der Waals surface area contributed by atoms with Crippen LogP contribution in [-0.4, -0.2) is 5.71 Å².